The molecule has 56 valence electrons. The highest BCUT2D eigenvalue weighted by Gasteiger charge is 2.14. The maximum absolute atomic E-state index is 10.1. The molecule has 1 unspecified atom stereocenters. The van der Waals surface area contributed by atoms with Crippen molar-refractivity contribution in [2.75, 3.05) is 6.61 Å². The van der Waals surface area contributed by atoms with E-state index in [9.17, 15) is 9.36 Å². The van der Waals surface area contributed by atoms with E-state index in [0.717, 1.165) is 0 Å². The summed E-state index contributed by atoms with van der Waals surface area (Å²) >= 11 is 0. The quantitative estimate of drug-likeness (QED) is 0.458. The molecule has 0 aliphatic rings. The molecule has 0 bridgehead atoms. The minimum Gasteiger partial charge on any atom is -0.344 e. The third kappa shape index (κ3) is 5.65. The van der Waals surface area contributed by atoms with Gasteiger partial charge in [-0.25, -0.2) is 0 Å². The second-order valence-electron chi connectivity index (χ2n) is 1.09. The Labute approximate surface area is 53.1 Å². The van der Waals surface area contributed by atoms with Gasteiger partial charge in [0.05, 0.1) is 6.61 Å². The summed E-state index contributed by atoms with van der Waals surface area (Å²) in [7, 11) is -3.85. The minimum absolute atomic E-state index is 0. The van der Waals surface area contributed by atoms with Gasteiger partial charge >= 0.3 is 7.60 Å². The molecular formula is C3H10NO4P. The summed E-state index contributed by atoms with van der Waals surface area (Å²) in [6.07, 6.45) is 0. The molecule has 0 heterocycles. The zero-order chi connectivity index (χ0) is 6.62. The van der Waals surface area contributed by atoms with Crippen LogP contribution in [-0.2, 0) is 13.9 Å². The number of hydrogen-bond acceptors (Lipinski definition) is 4. The van der Waals surface area contributed by atoms with Gasteiger partial charge in [-0.05, 0) is 6.92 Å². The summed E-state index contributed by atoms with van der Waals surface area (Å²) in [5.41, 5.74) is 0. The lowest BCUT2D eigenvalue weighted by Crippen LogP contribution is -1.87. The Bertz CT molecular complexity index is 125. The van der Waals surface area contributed by atoms with Crippen molar-refractivity contribution in [1.29, 1.82) is 0 Å². The molecule has 0 aliphatic heterocycles. The van der Waals surface area contributed by atoms with Crippen molar-refractivity contribution in [3.05, 3.63) is 0 Å². The maximum Gasteiger partial charge on any atom is 0.390 e. The van der Waals surface area contributed by atoms with Crippen LogP contribution in [0.3, 0.4) is 0 Å². The lowest BCUT2D eigenvalue weighted by atomic mass is 10.9. The first-order valence-electron chi connectivity index (χ1n) is 2.05. The standard InChI is InChI=1S/C3H7O4P.H3N/c1-2-7-8(5,6)3-4;/h3H,2H2,1H3,(H,5,6);1H3. The van der Waals surface area contributed by atoms with E-state index in [2.05, 4.69) is 4.52 Å². The number of carbonyl (C=O) groups is 1. The molecule has 1 atom stereocenters. The predicted molar refractivity (Wildman–Crippen MR) is 33.2 cm³/mol. The molecule has 5 nitrogen and oxygen atoms in total. The molecule has 0 aromatic heterocycles. The van der Waals surface area contributed by atoms with Crippen molar-refractivity contribution >= 4 is 13.6 Å². The predicted octanol–water partition coefficient (Wildman–Crippen LogP) is 0.560. The van der Waals surface area contributed by atoms with Gasteiger partial charge < -0.3 is 15.6 Å². The van der Waals surface area contributed by atoms with Gasteiger partial charge in [0, 0.05) is 0 Å². The largest absolute Gasteiger partial charge is 0.390 e. The summed E-state index contributed by atoms with van der Waals surface area (Å²) in [5, 5.41) is 0. The molecule has 0 amide bonds. The average Bonchev–Trinajstić information content (AvgIpc) is 1.67. The summed E-state index contributed by atoms with van der Waals surface area (Å²) in [4.78, 5) is 17.9. The fourth-order valence-corrected chi connectivity index (χ4v) is 0.646. The second kappa shape index (κ2) is 4.64. The van der Waals surface area contributed by atoms with E-state index in [1.54, 1.807) is 0 Å². The van der Waals surface area contributed by atoms with Crippen molar-refractivity contribution < 1.29 is 18.8 Å². The Morgan fingerprint density at radius 1 is 1.78 bits per heavy atom. The van der Waals surface area contributed by atoms with Gasteiger partial charge in [-0.3, -0.25) is 9.36 Å². The zero-order valence-electron chi connectivity index (χ0n) is 5.11. The molecular weight excluding hydrogens is 145 g/mol. The molecule has 6 heteroatoms. The summed E-state index contributed by atoms with van der Waals surface area (Å²) in [5.74, 6) is 0. The van der Waals surface area contributed by atoms with Crippen LogP contribution < -0.4 is 6.15 Å². The van der Waals surface area contributed by atoms with Crippen molar-refractivity contribution in [2.24, 2.45) is 0 Å². The van der Waals surface area contributed by atoms with Crippen LogP contribution >= 0.6 is 7.60 Å². The van der Waals surface area contributed by atoms with Gasteiger partial charge in [0.1, 0.15) is 0 Å². The molecule has 0 aliphatic carbocycles. The monoisotopic (exact) mass is 155 g/mol. The van der Waals surface area contributed by atoms with E-state index in [0.29, 0.717) is 0 Å². The van der Waals surface area contributed by atoms with Gasteiger partial charge in [-0.2, -0.15) is 0 Å². The highest BCUT2D eigenvalue weighted by molar-refractivity contribution is 7.68. The van der Waals surface area contributed by atoms with Crippen LogP contribution in [0.4, 0.5) is 0 Å². The number of carbonyl (C=O) groups excluding carboxylic acids is 1. The number of rotatable bonds is 3. The molecule has 0 aromatic carbocycles. The van der Waals surface area contributed by atoms with Crippen LogP contribution in [0.15, 0.2) is 0 Å². The molecule has 0 fully saturated rings. The van der Waals surface area contributed by atoms with Gasteiger partial charge in [0.2, 0.25) is 6.03 Å². The summed E-state index contributed by atoms with van der Waals surface area (Å²) in [6.45, 7) is 1.61. The fraction of sp³-hybridized carbons (Fsp3) is 0.667. The number of hydrogen-bond donors (Lipinski definition) is 2. The van der Waals surface area contributed by atoms with Crippen molar-refractivity contribution in [1.82, 2.24) is 6.15 Å². The molecule has 4 N–H and O–H groups in total. The van der Waals surface area contributed by atoms with Gasteiger partial charge in [-0.15, -0.1) is 0 Å². The highest BCUT2D eigenvalue weighted by atomic mass is 31.2. The van der Waals surface area contributed by atoms with Crippen LogP contribution in [0.2, 0.25) is 0 Å². The first-order valence-corrected chi connectivity index (χ1v) is 3.70. The first-order chi connectivity index (χ1) is 3.62. The molecule has 0 rings (SSSR count). The van der Waals surface area contributed by atoms with E-state index in [1.807, 2.05) is 0 Å². The highest BCUT2D eigenvalue weighted by Crippen LogP contribution is 2.36. The van der Waals surface area contributed by atoms with Gasteiger partial charge in [-0.1, -0.05) is 0 Å². The average molecular weight is 155 g/mol. The molecule has 0 saturated carbocycles. The van der Waals surface area contributed by atoms with Crippen LogP contribution in [0.1, 0.15) is 6.92 Å². The molecule has 0 spiro atoms. The summed E-state index contributed by atoms with van der Waals surface area (Å²) in [6, 6.07) is -0.0868. The Balaban J connectivity index is 0. The maximum atomic E-state index is 10.1. The van der Waals surface area contributed by atoms with Crippen LogP contribution in [0.5, 0.6) is 0 Å². The van der Waals surface area contributed by atoms with Crippen molar-refractivity contribution in [2.45, 2.75) is 6.92 Å². The van der Waals surface area contributed by atoms with Crippen molar-refractivity contribution in [3.63, 3.8) is 0 Å². The Kier molecular flexibility index (Phi) is 5.96. The molecule has 0 aromatic rings. The zero-order valence-corrected chi connectivity index (χ0v) is 6.01. The van der Waals surface area contributed by atoms with Crippen LogP contribution in [0, 0.1) is 0 Å². The lowest BCUT2D eigenvalue weighted by Gasteiger charge is -1.99. The Morgan fingerprint density at radius 3 is 2.33 bits per heavy atom. The summed E-state index contributed by atoms with van der Waals surface area (Å²) < 4.78 is 14.3. The van der Waals surface area contributed by atoms with E-state index in [-0.39, 0.29) is 18.8 Å². The Morgan fingerprint density at radius 2 is 2.22 bits per heavy atom. The smallest absolute Gasteiger partial charge is 0.344 e. The van der Waals surface area contributed by atoms with Gasteiger partial charge in [0.15, 0.2) is 0 Å². The molecule has 0 radical (unpaired) electrons. The third-order valence-corrected chi connectivity index (χ3v) is 1.34. The van der Waals surface area contributed by atoms with E-state index in [1.165, 1.54) is 6.92 Å². The second-order valence-corrected chi connectivity index (χ2v) is 2.68. The van der Waals surface area contributed by atoms with Crippen LogP contribution in [0.25, 0.3) is 0 Å². The first kappa shape index (κ1) is 11.6. The normalized spacial score (nSPS) is 15.3. The van der Waals surface area contributed by atoms with E-state index >= 15 is 0 Å². The minimum atomic E-state index is -3.85. The molecule has 9 heavy (non-hydrogen) atoms. The Hall–Kier alpha value is -0.220. The van der Waals surface area contributed by atoms with E-state index in [4.69, 9.17) is 4.89 Å². The SMILES string of the molecule is CCOP(=O)(O)C=O.N. The lowest BCUT2D eigenvalue weighted by molar-refractivity contribution is 0.284. The van der Waals surface area contributed by atoms with Gasteiger partial charge in [0.25, 0.3) is 0 Å². The topological polar surface area (TPSA) is 98.6 Å². The van der Waals surface area contributed by atoms with Crippen molar-refractivity contribution in [3.8, 4) is 0 Å². The molecule has 0 saturated heterocycles. The third-order valence-electron chi connectivity index (χ3n) is 0.447. The fourth-order valence-electron chi connectivity index (χ4n) is 0.215. The van der Waals surface area contributed by atoms with E-state index < -0.39 is 7.60 Å². The van der Waals surface area contributed by atoms with Crippen LogP contribution in [-0.4, -0.2) is 17.5 Å².